The molecule has 0 unspecified atom stereocenters. The summed E-state index contributed by atoms with van der Waals surface area (Å²) in [5.74, 6) is -1.22. The van der Waals surface area contributed by atoms with E-state index in [1.807, 2.05) is 13.0 Å². The van der Waals surface area contributed by atoms with E-state index in [1.54, 1.807) is 18.2 Å². The van der Waals surface area contributed by atoms with Gasteiger partial charge in [0.1, 0.15) is 5.82 Å². The number of halogens is 4. The summed E-state index contributed by atoms with van der Waals surface area (Å²) >= 11 is 0. The van der Waals surface area contributed by atoms with Crippen molar-refractivity contribution < 1.29 is 30.8 Å². The van der Waals surface area contributed by atoms with Crippen LogP contribution in [0.4, 0.5) is 23.2 Å². The summed E-state index contributed by atoms with van der Waals surface area (Å²) < 4.78 is 79.8. The fourth-order valence-electron chi connectivity index (χ4n) is 3.08. The molecule has 0 atom stereocenters. The summed E-state index contributed by atoms with van der Waals surface area (Å²) in [5, 5.41) is 2.58. The highest BCUT2D eigenvalue weighted by Gasteiger charge is 2.33. The number of benzene rings is 3. The van der Waals surface area contributed by atoms with Crippen molar-refractivity contribution in [3.8, 4) is 0 Å². The van der Waals surface area contributed by atoms with Gasteiger partial charge in [0.15, 0.2) is 0 Å². The lowest BCUT2D eigenvalue weighted by Gasteiger charge is -2.22. The van der Waals surface area contributed by atoms with Gasteiger partial charge < -0.3 is 5.32 Å². The number of nitrogens with one attached hydrogen (secondary N) is 1. The van der Waals surface area contributed by atoms with Crippen LogP contribution in [0.2, 0.25) is 0 Å². The number of alkyl halides is 3. The van der Waals surface area contributed by atoms with Crippen LogP contribution >= 0.6 is 0 Å². The molecule has 1 amide bonds. The second-order valence-electron chi connectivity index (χ2n) is 7.34. The van der Waals surface area contributed by atoms with Gasteiger partial charge >= 0.3 is 6.18 Å². The van der Waals surface area contributed by atoms with E-state index in [9.17, 15) is 30.8 Å². The Morgan fingerprint density at radius 1 is 0.970 bits per heavy atom. The molecule has 0 aliphatic rings. The lowest BCUT2D eigenvalue weighted by molar-refractivity contribution is -0.137. The summed E-state index contributed by atoms with van der Waals surface area (Å²) in [6.45, 7) is 0.804. The van der Waals surface area contributed by atoms with Gasteiger partial charge in [-0.25, -0.2) is 12.8 Å². The summed E-state index contributed by atoms with van der Waals surface area (Å²) in [6.07, 6.45) is -4.74. The van der Waals surface area contributed by atoms with Crippen molar-refractivity contribution in [2.75, 3.05) is 11.9 Å². The summed E-state index contributed by atoms with van der Waals surface area (Å²) in [5.41, 5.74) is 0.538. The average molecular weight is 480 g/mol. The number of nitrogens with zero attached hydrogens (tertiary/aromatic N) is 1. The molecule has 0 aliphatic carbocycles. The standard InChI is InChI=1S/C23H20F4N2O3S/c1-16-4-2-6-20(12-16)28-22(30)15-29(14-17-8-10-19(24)11-9-17)33(31,32)21-7-3-5-18(13-21)23(25,26)27/h2-13H,14-15H2,1H3,(H,28,30). The molecule has 5 nitrogen and oxygen atoms in total. The molecule has 0 spiro atoms. The third-order valence-corrected chi connectivity index (χ3v) is 6.48. The maximum atomic E-state index is 13.3. The SMILES string of the molecule is Cc1cccc(NC(=O)CN(Cc2ccc(F)cc2)S(=O)(=O)c2cccc(C(F)(F)F)c2)c1. The molecule has 10 heteroatoms. The number of hydrogen-bond donors (Lipinski definition) is 1. The third-order valence-electron chi connectivity index (χ3n) is 4.69. The van der Waals surface area contributed by atoms with E-state index in [2.05, 4.69) is 5.32 Å². The summed E-state index contributed by atoms with van der Waals surface area (Å²) in [7, 11) is -4.51. The smallest absolute Gasteiger partial charge is 0.325 e. The Hall–Kier alpha value is -3.24. The minimum atomic E-state index is -4.74. The molecule has 174 valence electrons. The molecule has 0 aromatic heterocycles. The molecular weight excluding hydrogens is 460 g/mol. The number of hydrogen-bond acceptors (Lipinski definition) is 3. The first-order valence-corrected chi connectivity index (χ1v) is 11.2. The number of anilines is 1. The highest BCUT2D eigenvalue weighted by Crippen LogP contribution is 2.31. The molecular formula is C23H20F4N2O3S. The molecule has 0 fully saturated rings. The molecule has 0 saturated carbocycles. The number of carbonyl (C=O) groups is 1. The Morgan fingerprint density at radius 2 is 1.64 bits per heavy atom. The first kappa shape index (κ1) is 24.4. The largest absolute Gasteiger partial charge is 0.416 e. The monoisotopic (exact) mass is 480 g/mol. The summed E-state index contributed by atoms with van der Waals surface area (Å²) in [4.78, 5) is 12.0. The maximum Gasteiger partial charge on any atom is 0.416 e. The second-order valence-corrected chi connectivity index (χ2v) is 9.28. The molecule has 3 aromatic carbocycles. The van der Waals surface area contributed by atoms with E-state index in [0.29, 0.717) is 17.3 Å². The van der Waals surface area contributed by atoms with Crippen LogP contribution in [0.15, 0.2) is 77.7 Å². The molecule has 0 bridgehead atoms. The van der Waals surface area contributed by atoms with Crippen molar-refractivity contribution in [2.45, 2.75) is 24.5 Å². The van der Waals surface area contributed by atoms with Crippen LogP contribution in [0.5, 0.6) is 0 Å². The molecule has 33 heavy (non-hydrogen) atoms. The van der Waals surface area contributed by atoms with Gasteiger partial charge in [0.05, 0.1) is 17.0 Å². The van der Waals surface area contributed by atoms with Crippen molar-refractivity contribution in [3.05, 3.63) is 95.3 Å². The molecule has 0 saturated heterocycles. The zero-order valence-corrected chi connectivity index (χ0v) is 18.3. The van der Waals surface area contributed by atoms with Crippen molar-refractivity contribution in [3.63, 3.8) is 0 Å². The predicted molar refractivity (Wildman–Crippen MR) is 115 cm³/mol. The zero-order chi connectivity index (χ0) is 24.2. The minimum Gasteiger partial charge on any atom is -0.325 e. The van der Waals surface area contributed by atoms with Crippen LogP contribution in [0.3, 0.4) is 0 Å². The highest BCUT2D eigenvalue weighted by molar-refractivity contribution is 7.89. The van der Waals surface area contributed by atoms with Crippen LogP contribution in [-0.4, -0.2) is 25.2 Å². The normalized spacial score (nSPS) is 12.1. The number of carbonyl (C=O) groups excluding carboxylic acids is 1. The molecule has 1 N–H and O–H groups in total. The average Bonchev–Trinajstić information content (AvgIpc) is 2.74. The molecule has 0 radical (unpaired) electrons. The van der Waals surface area contributed by atoms with Gasteiger partial charge in [0.25, 0.3) is 0 Å². The summed E-state index contributed by atoms with van der Waals surface area (Å²) in [6, 6.07) is 15.0. The van der Waals surface area contributed by atoms with E-state index in [0.717, 1.165) is 40.2 Å². The van der Waals surface area contributed by atoms with Gasteiger partial charge in [-0.3, -0.25) is 4.79 Å². The Bertz CT molecular complexity index is 1240. The third kappa shape index (κ3) is 6.39. The van der Waals surface area contributed by atoms with Gasteiger partial charge in [0, 0.05) is 12.2 Å². The fourth-order valence-corrected chi connectivity index (χ4v) is 4.52. The Balaban J connectivity index is 1.93. The van der Waals surface area contributed by atoms with Gasteiger partial charge in [-0.15, -0.1) is 0 Å². The van der Waals surface area contributed by atoms with Crippen LogP contribution in [-0.2, 0) is 27.5 Å². The predicted octanol–water partition coefficient (Wildman–Crippen LogP) is 4.98. The van der Waals surface area contributed by atoms with E-state index in [1.165, 1.54) is 12.1 Å². The van der Waals surface area contributed by atoms with Gasteiger partial charge in [-0.2, -0.15) is 17.5 Å². The lowest BCUT2D eigenvalue weighted by Crippen LogP contribution is -2.37. The quantitative estimate of drug-likeness (QED) is 0.485. The van der Waals surface area contributed by atoms with E-state index < -0.39 is 44.9 Å². The van der Waals surface area contributed by atoms with E-state index >= 15 is 0 Å². The van der Waals surface area contributed by atoms with E-state index in [-0.39, 0.29) is 6.54 Å². The maximum absolute atomic E-state index is 13.3. The van der Waals surface area contributed by atoms with Crippen molar-refractivity contribution in [1.29, 1.82) is 0 Å². The zero-order valence-electron chi connectivity index (χ0n) is 17.4. The number of amides is 1. The van der Waals surface area contributed by atoms with Crippen LogP contribution in [0.25, 0.3) is 0 Å². The number of rotatable bonds is 7. The molecule has 0 aliphatic heterocycles. The van der Waals surface area contributed by atoms with Crippen LogP contribution in [0, 0.1) is 12.7 Å². The van der Waals surface area contributed by atoms with Crippen LogP contribution in [0.1, 0.15) is 16.7 Å². The van der Waals surface area contributed by atoms with Crippen molar-refractivity contribution in [2.24, 2.45) is 0 Å². The van der Waals surface area contributed by atoms with Gasteiger partial charge in [-0.1, -0.05) is 30.3 Å². The molecule has 0 heterocycles. The van der Waals surface area contributed by atoms with Gasteiger partial charge in [0.2, 0.25) is 15.9 Å². The minimum absolute atomic E-state index is 0.347. The first-order chi connectivity index (χ1) is 15.4. The Kier molecular flexibility index (Phi) is 7.19. The van der Waals surface area contributed by atoms with Gasteiger partial charge in [-0.05, 0) is 60.5 Å². The number of sulfonamides is 1. The number of aryl methyl sites for hydroxylation is 1. The second kappa shape index (κ2) is 9.72. The topological polar surface area (TPSA) is 66.5 Å². The fraction of sp³-hybridized carbons (Fsp3) is 0.174. The Morgan fingerprint density at radius 3 is 2.27 bits per heavy atom. The van der Waals surface area contributed by atoms with Crippen molar-refractivity contribution in [1.82, 2.24) is 4.31 Å². The van der Waals surface area contributed by atoms with E-state index in [4.69, 9.17) is 0 Å². The molecule has 3 rings (SSSR count). The van der Waals surface area contributed by atoms with Crippen LogP contribution < -0.4 is 5.32 Å². The molecule has 3 aromatic rings. The van der Waals surface area contributed by atoms with Crippen molar-refractivity contribution >= 4 is 21.6 Å². The highest BCUT2D eigenvalue weighted by atomic mass is 32.2. The lowest BCUT2D eigenvalue weighted by atomic mass is 10.2. The Labute approximate surface area is 188 Å². The first-order valence-electron chi connectivity index (χ1n) is 9.73.